The van der Waals surface area contributed by atoms with Crippen molar-refractivity contribution in [3.63, 3.8) is 0 Å². The third kappa shape index (κ3) is 12.2. The first kappa shape index (κ1) is 40.5. The maximum absolute atomic E-state index is 14.4. The van der Waals surface area contributed by atoms with Crippen molar-refractivity contribution in [1.29, 1.82) is 0 Å². The molecule has 278 valence electrons. The molecule has 1 heterocycles. The zero-order valence-corrected chi connectivity index (χ0v) is 32.1. The fourth-order valence-corrected chi connectivity index (χ4v) is 7.82. The summed E-state index contributed by atoms with van der Waals surface area (Å²) in [5.74, 6) is -1.16. The number of carbonyl (C=O) groups excluding carboxylic acids is 5. The van der Waals surface area contributed by atoms with Crippen LogP contribution in [0.25, 0.3) is 0 Å². The van der Waals surface area contributed by atoms with Gasteiger partial charge in [0.05, 0.1) is 11.3 Å². The Bertz CT molecular complexity index is 1650. The standard InChI is InChI=1S/C40H50N4O6S2/c1-5-51-52-34-21-15-16-28(2)37(34)50-36(46)27-32(42-35(45)23-22-30-17-9-6-10-18-30)40(49)43(4)33(26-31-19-11-7-12-20-31)38(47)41-29(3)39(48)44-24-13-8-14-25-44/h6-7,9-12,15-21,29,32-33H,5,8,13-14,22-27H2,1-4H3,(H,41,47)(H,42,45)/t29-,32-,33?/m0/s1. The Hall–Kier alpha value is -4.29. The number of nitrogens with one attached hydrogen (secondary N) is 2. The molecule has 1 fully saturated rings. The third-order valence-electron chi connectivity index (χ3n) is 8.93. The molecule has 0 aromatic heterocycles. The number of para-hydroxylation sites is 1. The van der Waals surface area contributed by atoms with Gasteiger partial charge < -0.3 is 25.2 Å². The molecule has 1 aliphatic heterocycles. The Morgan fingerprint density at radius 1 is 0.865 bits per heavy atom. The molecule has 0 saturated carbocycles. The molecule has 3 aromatic carbocycles. The van der Waals surface area contributed by atoms with Gasteiger partial charge in [-0.15, -0.1) is 0 Å². The molecule has 0 aliphatic carbocycles. The van der Waals surface area contributed by atoms with Crippen molar-refractivity contribution in [3.8, 4) is 5.75 Å². The number of ether oxygens (including phenoxy) is 1. The molecule has 4 amide bonds. The van der Waals surface area contributed by atoms with Gasteiger partial charge in [-0.1, -0.05) is 101 Å². The lowest BCUT2D eigenvalue weighted by Gasteiger charge is -2.33. The average molecular weight is 747 g/mol. The largest absolute Gasteiger partial charge is 0.425 e. The first-order valence-electron chi connectivity index (χ1n) is 17.9. The van der Waals surface area contributed by atoms with E-state index in [1.54, 1.807) is 22.6 Å². The Labute approximate surface area is 315 Å². The highest BCUT2D eigenvalue weighted by Crippen LogP contribution is 2.39. The lowest BCUT2D eigenvalue weighted by atomic mass is 10.0. The second kappa shape index (κ2) is 20.7. The number of hydrogen-bond donors (Lipinski definition) is 2. The summed E-state index contributed by atoms with van der Waals surface area (Å²) >= 11 is 0. The molecule has 1 saturated heterocycles. The van der Waals surface area contributed by atoms with E-state index < -0.39 is 48.2 Å². The molecule has 10 nitrogen and oxygen atoms in total. The van der Waals surface area contributed by atoms with Crippen LogP contribution in [0.3, 0.4) is 0 Å². The molecule has 52 heavy (non-hydrogen) atoms. The molecular formula is C40H50N4O6S2. The van der Waals surface area contributed by atoms with Crippen LogP contribution in [0.5, 0.6) is 5.75 Å². The van der Waals surface area contributed by atoms with Crippen molar-refractivity contribution in [3.05, 3.63) is 95.6 Å². The van der Waals surface area contributed by atoms with E-state index in [1.807, 2.05) is 92.7 Å². The number of carbonyl (C=O) groups is 5. The predicted molar refractivity (Wildman–Crippen MR) is 207 cm³/mol. The maximum atomic E-state index is 14.4. The minimum Gasteiger partial charge on any atom is -0.425 e. The van der Waals surface area contributed by atoms with Gasteiger partial charge in [0.1, 0.15) is 23.9 Å². The van der Waals surface area contributed by atoms with E-state index in [-0.39, 0.29) is 18.7 Å². The smallest absolute Gasteiger partial charge is 0.313 e. The summed E-state index contributed by atoms with van der Waals surface area (Å²) < 4.78 is 5.87. The molecule has 3 aromatic rings. The molecule has 1 aliphatic rings. The molecular weight excluding hydrogens is 697 g/mol. The highest BCUT2D eigenvalue weighted by Gasteiger charge is 2.35. The number of nitrogens with zero attached hydrogens (tertiary/aromatic N) is 2. The number of benzene rings is 3. The van der Waals surface area contributed by atoms with Crippen LogP contribution in [0.1, 0.15) is 62.6 Å². The Kier molecular flexibility index (Phi) is 16.1. The maximum Gasteiger partial charge on any atom is 0.313 e. The van der Waals surface area contributed by atoms with Crippen LogP contribution in [0, 0.1) is 6.92 Å². The summed E-state index contributed by atoms with van der Waals surface area (Å²) in [5, 5.41) is 5.62. The van der Waals surface area contributed by atoms with Gasteiger partial charge in [0.15, 0.2) is 0 Å². The quantitative estimate of drug-likeness (QED) is 0.102. The predicted octanol–water partition coefficient (Wildman–Crippen LogP) is 5.76. The van der Waals surface area contributed by atoms with Gasteiger partial charge >= 0.3 is 5.97 Å². The van der Waals surface area contributed by atoms with Crippen LogP contribution in [0.2, 0.25) is 0 Å². The fraction of sp³-hybridized carbons (Fsp3) is 0.425. The topological polar surface area (TPSA) is 125 Å². The summed E-state index contributed by atoms with van der Waals surface area (Å²) in [6, 6.07) is 21.2. The van der Waals surface area contributed by atoms with Crippen molar-refractivity contribution in [2.24, 2.45) is 0 Å². The molecule has 12 heteroatoms. The second-order valence-corrected chi connectivity index (χ2v) is 15.6. The van der Waals surface area contributed by atoms with Crippen molar-refractivity contribution >= 4 is 51.2 Å². The number of aryl methyl sites for hydroxylation is 2. The third-order valence-corrected chi connectivity index (χ3v) is 11.4. The zero-order chi connectivity index (χ0) is 37.5. The van der Waals surface area contributed by atoms with Crippen molar-refractivity contribution in [1.82, 2.24) is 20.4 Å². The molecule has 1 unspecified atom stereocenters. The molecule has 0 spiro atoms. The van der Waals surface area contributed by atoms with E-state index in [0.29, 0.717) is 25.3 Å². The van der Waals surface area contributed by atoms with Gasteiger partial charge in [0.2, 0.25) is 23.6 Å². The van der Waals surface area contributed by atoms with Crippen LogP contribution in [-0.4, -0.2) is 83.4 Å². The number of likely N-dealkylation sites (N-methyl/N-ethyl adjacent to an activating group) is 1. The Morgan fingerprint density at radius 2 is 1.52 bits per heavy atom. The summed E-state index contributed by atoms with van der Waals surface area (Å²) in [5.41, 5.74) is 2.52. The lowest BCUT2D eigenvalue weighted by Crippen LogP contribution is -2.58. The van der Waals surface area contributed by atoms with Gasteiger partial charge in [-0.3, -0.25) is 24.0 Å². The van der Waals surface area contributed by atoms with Crippen LogP contribution in [0.4, 0.5) is 0 Å². The van der Waals surface area contributed by atoms with Crippen LogP contribution in [0.15, 0.2) is 83.8 Å². The molecule has 0 radical (unpaired) electrons. The number of hydrogen-bond acceptors (Lipinski definition) is 8. The van der Waals surface area contributed by atoms with Gasteiger partial charge in [-0.2, -0.15) is 0 Å². The summed E-state index contributed by atoms with van der Waals surface area (Å²) in [7, 11) is 4.59. The van der Waals surface area contributed by atoms with E-state index in [1.165, 1.54) is 22.7 Å². The van der Waals surface area contributed by atoms with Crippen molar-refractivity contribution in [2.45, 2.75) is 88.7 Å². The monoisotopic (exact) mass is 746 g/mol. The number of esters is 1. The number of piperidine rings is 1. The lowest BCUT2D eigenvalue weighted by molar-refractivity contribution is -0.146. The Morgan fingerprint density at radius 3 is 2.17 bits per heavy atom. The highest BCUT2D eigenvalue weighted by atomic mass is 33.1. The minimum atomic E-state index is -1.32. The minimum absolute atomic E-state index is 0.0867. The zero-order valence-electron chi connectivity index (χ0n) is 30.5. The van der Waals surface area contributed by atoms with E-state index >= 15 is 0 Å². The SMILES string of the molecule is CCSSc1cccc(C)c1OC(=O)C[C@H](NC(=O)CCc1ccccc1)C(=O)N(C)C(Cc1ccccc1)C(=O)N[C@@H](C)C(=O)N1CCCCC1. The number of rotatable bonds is 17. The van der Waals surface area contributed by atoms with E-state index in [2.05, 4.69) is 10.6 Å². The summed E-state index contributed by atoms with van der Waals surface area (Å²) in [4.78, 5) is 72.2. The van der Waals surface area contributed by atoms with Gasteiger partial charge in [-0.05, 0) is 62.3 Å². The van der Waals surface area contributed by atoms with Gasteiger partial charge in [0, 0.05) is 38.7 Å². The van der Waals surface area contributed by atoms with Crippen molar-refractivity contribution < 1.29 is 28.7 Å². The molecule has 0 bridgehead atoms. The summed E-state index contributed by atoms with van der Waals surface area (Å²) in [6.07, 6.45) is 3.13. The first-order chi connectivity index (χ1) is 25.1. The highest BCUT2D eigenvalue weighted by molar-refractivity contribution is 8.76. The summed E-state index contributed by atoms with van der Waals surface area (Å²) in [6.45, 7) is 6.82. The van der Waals surface area contributed by atoms with Crippen molar-refractivity contribution in [2.75, 3.05) is 25.9 Å². The average Bonchev–Trinajstić information content (AvgIpc) is 3.16. The Balaban J connectivity index is 1.57. The van der Waals surface area contributed by atoms with E-state index in [4.69, 9.17) is 4.74 Å². The number of amides is 4. The van der Waals surface area contributed by atoms with E-state index in [9.17, 15) is 24.0 Å². The first-order valence-corrected chi connectivity index (χ1v) is 20.2. The molecule has 2 N–H and O–H groups in total. The fourth-order valence-electron chi connectivity index (χ4n) is 6.04. The van der Waals surface area contributed by atoms with Crippen LogP contribution in [-0.2, 0) is 36.8 Å². The number of likely N-dealkylation sites (tertiary alicyclic amines) is 1. The van der Waals surface area contributed by atoms with Crippen LogP contribution >= 0.6 is 21.6 Å². The normalized spacial score (nSPS) is 14.4. The van der Waals surface area contributed by atoms with Crippen LogP contribution < -0.4 is 15.4 Å². The van der Waals surface area contributed by atoms with Gasteiger partial charge in [-0.25, -0.2) is 0 Å². The van der Waals surface area contributed by atoms with Gasteiger partial charge in [0.25, 0.3) is 0 Å². The molecule has 4 rings (SSSR count). The second-order valence-electron chi connectivity index (χ2n) is 12.9. The van der Waals surface area contributed by atoms with E-state index in [0.717, 1.165) is 46.6 Å². The molecule has 3 atom stereocenters.